The Balaban J connectivity index is 1.53. The molecule has 7 nitrogen and oxygen atoms in total. The molecular formula is C18H19N5O2. The molecule has 25 heavy (non-hydrogen) atoms. The van der Waals surface area contributed by atoms with Crippen LogP contribution < -0.4 is 0 Å². The summed E-state index contributed by atoms with van der Waals surface area (Å²) in [5.41, 5.74) is 1.15. The van der Waals surface area contributed by atoms with E-state index in [1.807, 2.05) is 34.0 Å². The number of piperidine rings is 1. The predicted octanol–water partition coefficient (Wildman–Crippen LogP) is 2.63. The number of carbonyl (C=O) groups is 1. The highest BCUT2D eigenvalue weighted by Gasteiger charge is 2.29. The lowest BCUT2D eigenvalue weighted by molar-refractivity contribution is 0.0573. The lowest BCUT2D eigenvalue weighted by Crippen LogP contribution is -2.46. The van der Waals surface area contributed by atoms with Crippen LogP contribution in [0.15, 0.2) is 53.6 Å². The Morgan fingerprint density at radius 1 is 1.28 bits per heavy atom. The summed E-state index contributed by atoms with van der Waals surface area (Å²) in [5.74, 6) is 0.466. The average Bonchev–Trinajstić information content (AvgIpc) is 3.34. The highest BCUT2D eigenvalue weighted by atomic mass is 16.5. The van der Waals surface area contributed by atoms with Crippen LogP contribution in [0.25, 0.3) is 11.3 Å². The molecule has 0 saturated carbocycles. The zero-order valence-electron chi connectivity index (χ0n) is 13.8. The molecule has 0 radical (unpaired) electrons. The van der Waals surface area contributed by atoms with Crippen LogP contribution in [0.3, 0.4) is 0 Å². The second-order valence-electron chi connectivity index (χ2n) is 6.19. The molecule has 1 aliphatic heterocycles. The number of nitrogens with zero attached hydrogens (tertiary/aromatic N) is 5. The van der Waals surface area contributed by atoms with Crippen molar-refractivity contribution in [1.29, 1.82) is 0 Å². The average molecular weight is 337 g/mol. The fraction of sp³-hybridized carbons (Fsp3) is 0.333. The first-order valence-corrected chi connectivity index (χ1v) is 8.47. The van der Waals surface area contributed by atoms with Gasteiger partial charge in [0, 0.05) is 43.0 Å². The zero-order chi connectivity index (χ0) is 17.1. The van der Waals surface area contributed by atoms with Crippen LogP contribution in [0.4, 0.5) is 0 Å². The van der Waals surface area contributed by atoms with E-state index in [-0.39, 0.29) is 11.9 Å². The summed E-state index contributed by atoms with van der Waals surface area (Å²) in [4.78, 5) is 18.9. The van der Waals surface area contributed by atoms with Gasteiger partial charge in [0.1, 0.15) is 0 Å². The summed E-state index contributed by atoms with van der Waals surface area (Å²) in [6, 6.07) is 7.42. The van der Waals surface area contributed by atoms with Crippen molar-refractivity contribution < 1.29 is 9.32 Å². The van der Waals surface area contributed by atoms with Crippen LogP contribution in [0.5, 0.6) is 0 Å². The highest BCUT2D eigenvalue weighted by Crippen LogP contribution is 2.23. The smallest absolute Gasteiger partial charge is 0.276 e. The van der Waals surface area contributed by atoms with Gasteiger partial charge in [0.15, 0.2) is 11.5 Å². The molecule has 128 valence electrons. The number of carbonyl (C=O) groups excluding carboxylic acids is 1. The number of aromatic nitrogens is 4. The van der Waals surface area contributed by atoms with Crippen molar-refractivity contribution in [3.63, 3.8) is 0 Å². The summed E-state index contributed by atoms with van der Waals surface area (Å²) in [5, 5.41) is 8.24. The van der Waals surface area contributed by atoms with E-state index in [0.29, 0.717) is 18.0 Å². The van der Waals surface area contributed by atoms with Crippen molar-refractivity contribution in [1.82, 2.24) is 24.8 Å². The van der Waals surface area contributed by atoms with E-state index in [1.54, 1.807) is 24.7 Å². The SMILES string of the molecule is O=C(c1cc(-c2cccnc2)on1)N1CCCCC1Cn1cccn1. The molecule has 4 heterocycles. The van der Waals surface area contributed by atoms with Crippen LogP contribution in [-0.4, -0.2) is 43.3 Å². The first kappa shape index (κ1) is 15.6. The second kappa shape index (κ2) is 6.88. The maximum Gasteiger partial charge on any atom is 0.276 e. The van der Waals surface area contributed by atoms with Gasteiger partial charge in [-0.2, -0.15) is 5.10 Å². The van der Waals surface area contributed by atoms with Crippen molar-refractivity contribution in [2.45, 2.75) is 31.8 Å². The lowest BCUT2D eigenvalue weighted by Gasteiger charge is -2.35. The molecule has 1 atom stereocenters. The molecule has 7 heteroatoms. The van der Waals surface area contributed by atoms with Crippen LogP contribution >= 0.6 is 0 Å². The molecule has 1 fully saturated rings. The van der Waals surface area contributed by atoms with Crippen LogP contribution in [0, 0.1) is 0 Å². The quantitative estimate of drug-likeness (QED) is 0.731. The Labute approximate surface area is 145 Å². The molecule has 0 aliphatic carbocycles. The third-order valence-corrected chi connectivity index (χ3v) is 4.52. The monoisotopic (exact) mass is 337 g/mol. The zero-order valence-corrected chi connectivity index (χ0v) is 13.8. The Kier molecular flexibility index (Phi) is 4.28. The summed E-state index contributed by atoms with van der Waals surface area (Å²) in [6.07, 6.45) is 10.2. The number of amides is 1. The fourth-order valence-electron chi connectivity index (χ4n) is 3.25. The van der Waals surface area contributed by atoms with Gasteiger partial charge in [0.25, 0.3) is 5.91 Å². The van der Waals surface area contributed by atoms with Gasteiger partial charge in [0.2, 0.25) is 0 Å². The first-order valence-electron chi connectivity index (χ1n) is 8.47. The van der Waals surface area contributed by atoms with Crippen LogP contribution in [0.2, 0.25) is 0 Å². The van der Waals surface area contributed by atoms with E-state index < -0.39 is 0 Å². The predicted molar refractivity (Wildman–Crippen MR) is 90.6 cm³/mol. The van der Waals surface area contributed by atoms with Crippen LogP contribution in [-0.2, 0) is 6.54 Å². The topological polar surface area (TPSA) is 77.0 Å². The van der Waals surface area contributed by atoms with Crippen molar-refractivity contribution in [2.24, 2.45) is 0 Å². The van der Waals surface area contributed by atoms with Crippen LogP contribution in [0.1, 0.15) is 29.8 Å². The van der Waals surface area contributed by atoms with E-state index in [0.717, 1.165) is 31.4 Å². The van der Waals surface area contributed by atoms with E-state index in [1.165, 1.54) is 0 Å². The second-order valence-corrected chi connectivity index (χ2v) is 6.19. The molecule has 0 spiro atoms. The van der Waals surface area contributed by atoms with Gasteiger partial charge in [-0.25, -0.2) is 0 Å². The van der Waals surface area contributed by atoms with Gasteiger partial charge < -0.3 is 9.42 Å². The van der Waals surface area contributed by atoms with E-state index in [9.17, 15) is 4.79 Å². The summed E-state index contributed by atoms with van der Waals surface area (Å²) in [6.45, 7) is 1.44. The summed E-state index contributed by atoms with van der Waals surface area (Å²) < 4.78 is 7.22. The molecule has 0 aromatic carbocycles. The van der Waals surface area contributed by atoms with Gasteiger partial charge in [-0.3, -0.25) is 14.5 Å². The molecule has 1 amide bonds. The van der Waals surface area contributed by atoms with Gasteiger partial charge in [-0.05, 0) is 37.5 Å². The Bertz CT molecular complexity index is 828. The number of likely N-dealkylation sites (tertiary alicyclic amines) is 1. The van der Waals surface area contributed by atoms with Crippen molar-refractivity contribution >= 4 is 5.91 Å². The fourth-order valence-corrected chi connectivity index (χ4v) is 3.25. The third-order valence-electron chi connectivity index (χ3n) is 4.52. The standard InChI is InChI=1S/C18H19N5O2/c24-18(16-11-17(25-21-16)14-5-3-7-19-12-14)23-10-2-1-6-15(23)13-22-9-4-8-20-22/h3-5,7-9,11-12,15H,1-2,6,10,13H2. The lowest BCUT2D eigenvalue weighted by atomic mass is 10.0. The van der Waals surface area contributed by atoms with Gasteiger partial charge >= 0.3 is 0 Å². The Morgan fingerprint density at radius 3 is 3.04 bits per heavy atom. The van der Waals surface area contributed by atoms with Gasteiger partial charge in [-0.15, -0.1) is 0 Å². The minimum atomic E-state index is -0.0873. The van der Waals surface area contributed by atoms with Gasteiger partial charge in [-0.1, -0.05) is 5.16 Å². The van der Waals surface area contributed by atoms with E-state index in [4.69, 9.17) is 4.52 Å². The molecule has 0 bridgehead atoms. The third kappa shape index (κ3) is 3.31. The number of rotatable bonds is 4. The molecule has 1 saturated heterocycles. The molecule has 0 N–H and O–H groups in total. The minimum absolute atomic E-state index is 0.0873. The number of pyridine rings is 1. The summed E-state index contributed by atoms with van der Waals surface area (Å²) in [7, 11) is 0. The Morgan fingerprint density at radius 2 is 2.24 bits per heavy atom. The van der Waals surface area contributed by atoms with E-state index >= 15 is 0 Å². The normalized spacial score (nSPS) is 17.6. The molecule has 4 rings (SSSR count). The first-order chi connectivity index (χ1) is 12.3. The largest absolute Gasteiger partial charge is 0.355 e. The van der Waals surface area contributed by atoms with E-state index in [2.05, 4.69) is 15.2 Å². The maximum atomic E-state index is 12.9. The van der Waals surface area contributed by atoms with Gasteiger partial charge in [0.05, 0.1) is 12.6 Å². The molecule has 3 aromatic heterocycles. The van der Waals surface area contributed by atoms with Crippen molar-refractivity contribution in [3.8, 4) is 11.3 Å². The highest BCUT2D eigenvalue weighted by molar-refractivity contribution is 5.93. The number of hydrogen-bond acceptors (Lipinski definition) is 5. The van der Waals surface area contributed by atoms with Crippen molar-refractivity contribution in [2.75, 3.05) is 6.54 Å². The molecule has 1 aliphatic rings. The molecular weight excluding hydrogens is 318 g/mol. The Hall–Kier alpha value is -2.96. The summed E-state index contributed by atoms with van der Waals surface area (Å²) >= 11 is 0. The van der Waals surface area contributed by atoms with Crippen molar-refractivity contribution in [3.05, 3.63) is 54.7 Å². The molecule has 1 unspecified atom stereocenters. The molecule has 3 aromatic rings. The number of hydrogen-bond donors (Lipinski definition) is 0. The maximum absolute atomic E-state index is 12.9. The minimum Gasteiger partial charge on any atom is -0.355 e.